The predicted octanol–water partition coefficient (Wildman–Crippen LogP) is 1.07. The van der Waals surface area contributed by atoms with Crippen molar-refractivity contribution in [2.75, 3.05) is 49.6 Å². The van der Waals surface area contributed by atoms with Crippen molar-refractivity contribution < 1.29 is 13.2 Å². The summed E-state index contributed by atoms with van der Waals surface area (Å²) in [6, 6.07) is 5.24. The SMILES string of the molecule is Cc1cc(N2CCOCC2)nc(NCCNS(=O)(=O)c2cccs2)n1. The summed E-state index contributed by atoms with van der Waals surface area (Å²) in [5, 5.41) is 4.82. The van der Waals surface area contributed by atoms with Gasteiger partial charge in [0, 0.05) is 37.9 Å². The molecule has 0 spiro atoms. The normalized spacial score (nSPS) is 15.3. The maximum absolute atomic E-state index is 12.0. The molecule has 1 saturated heterocycles. The van der Waals surface area contributed by atoms with Crippen LogP contribution in [0.1, 0.15) is 5.69 Å². The third-order valence-electron chi connectivity index (χ3n) is 3.64. The first-order chi connectivity index (χ1) is 12.0. The lowest BCUT2D eigenvalue weighted by atomic mass is 10.3. The number of thiophene rings is 1. The van der Waals surface area contributed by atoms with Crippen LogP contribution in [-0.4, -0.2) is 57.8 Å². The number of hydrogen-bond acceptors (Lipinski definition) is 8. The minimum atomic E-state index is -3.44. The first-order valence-corrected chi connectivity index (χ1v) is 10.4. The second-order valence-corrected chi connectivity index (χ2v) is 8.49. The van der Waals surface area contributed by atoms with Crippen molar-refractivity contribution in [3.8, 4) is 0 Å². The van der Waals surface area contributed by atoms with Crippen molar-refractivity contribution in [2.24, 2.45) is 0 Å². The van der Waals surface area contributed by atoms with E-state index in [1.807, 2.05) is 13.0 Å². The van der Waals surface area contributed by atoms with Gasteiger partial charge in [0.25, 0.3) is 0 Å². The highest BCUT2D eigenvalue weighted by Gasteiger charge is 2.15. The Morgan fingerprint density at radius 1 is 1.28 bits per heavy atom. The first kappa shape index (κ1) is 18.1. The monoisotopic (exact) mass is 383 g/mol. The molecule has 0 radical (unpaired) electrons. The van der Waals surface area contributed by atoms with Gasteiger partial charge in [-0.15, -0.1) is 11.3 Å². The van der Waals surface area contributed by atoms with Crippen molar-refractivity contribution in [1.29, 1.82) is 0 Å². The summed E-state index contributed by atoms with van der Waals surface area (Å²) >= 11 is 1.19. The average Bonchev–Trinajstić information content (AvgIpc) is 3.15. The molecule has 0 unspecified atom stereocenters. The van der Waals surface area contributed by atoms with E-state index >= 15 is 0 Å². The minimum Gasteiger partial charge on any atom is -0.378 e. The summed E-state index contributed by atoms with van der Waals surface area (Å²) in [7, 11) is -3.44. The van der Waals surface area contributed by atoms with E-state index in [-0.39, 0.29) is 6.54 Å². The molecule has 0 aromatic carbocycles. The third kappa shape index (κ3) is 4.88. The number of sulfonamides is 1. The Balaban J connectivity index is 1.55. The fourth-order valence-corrected chi connectivity index (χ4v) is 4.50. The number of morpholine rings is 1. The van der Waals surface area contributed by atoms with Gasteiger partial charge in [-0.1, -0.05) is 6.07 Å². The number of nitrogens with zero attached hydrogens (tertiary/aromatic N) is 3. The molecule has 10 heteroatoms. The summed E-state index contributed by atoms with van der Waals surface area (Å²) < 4.78 is 32.3. The molecule has 0 amide bonds. The second kappa shape index (κ2) is 8.09. The van der Waals surface area contributed by atoms with Crippen molar-refractivity contribution in [2.45, 2.75) is 11.1 Å². The largest absolute Gasteiger partial charge is 0.378 e. The molecule has 0 bridgehead atoms. The van der Waals surface area contributed by atoms with Crippen LogP contribution in [0.3, 0.4) is 0 Å². The summed E-state index contributed by atoms with van der Waals surface area (Å²) in [6.07, 6.45) is 0. The molecule has 1 aliphatic rings. The van der Waals surface area contributed by atoms with E-state index in [0.29, 0.717) is 29.9 Å². The fourth-order valence-electron chi connectivity index (χ4n) is 2.43. The molecule has 2 aromatic heterocycles. The van der Waals surface area contributed by atoms with E-state index in [2.05, 4.69) is 24.9 Å². The molecule has 136 valence electrons. The Morgan fingerprint density at radius 2 is 2.08 bits per heavy atom. The predicted molar refractivity (Wildman–Crippen MR) is 97.8 cm³/mol. The van der Waals surface area contributed by atoms with Crippen LogP contribution in [0.25, 0.3) is 0 Å². The van der Waals surface area contributed by atoms with Gasteiger partial charge < -0.3 is 15.0 Å². The highest BCUT2D eigenvalue weighted by atomic mass is 32.2. The smallest absolute Gasteiger partial charge is 0.250 e. The van der Waals surface area contributed by atoms with Crippen molar-refractivity contribution in [3.05, 3.63) is 29.3 Å². The van der Waals surface area contributed by atoms with E-state index in [1.54, 1.807) is 17.5 Å². The molecule has 1 aliphatic heterocycles. The molecule has 2 aromatic rings. The van der Waals surface area contributed by atoms with E-state index in [1.165, 1.54) is 11.3 Å². The van der Waals surface area contributed by atoms with Crippen LogP contribution in [0.15, 0.2) is 27.8 Å². The average molecular weight is 383 g/mol. The zero-order valence-corrected chi connectivity index (χ0v) is 15.6. The van der Waals surface area contributed by atoms with E-state index < -0.39 is 10.0 Å². The topological polar surface area (TPSA) is 96.5 Å². The van der Waals surface area contributed by atoms with Gasteiger partial charge in [0.15, 0.2) is 0 Å². The fraction of sp³-hybridized carbons (Fsp3) is 0.467. The Kier molecular flexibility index (Phi) is 5.84. The maximum Gasteiger partial charge on any atom is 0.250 e. The number of anilines is 2. The molecule has 3 heterocycles. The molecule has 0 aliphatic carbocycles. The van der Waals surface area contributed by atoms with Gasteiger partial charge >= 0.3 is 0 Å². The lowest BCUT2D eigenvalue weighted by Gasteiger charge is -2.28. The molecule has 25 heavy (non-hydrogen) atoms. The highest BCUT2D eigenvalue weighted by Crippen LogP contribution is 2.16. The number of ether oxygens (including phenoxy) is 1. The van der Waals surface area contributed by atoms with Gasteiger partial charge in [0.05, 0.1) is 13.2 Å². The van der Waals surface area contributed by atoms with Gasteiger partial charge in [0.2, 0.25) is 16.0 Å². The van der Waals surface area contributed by atoms with E-state index in [0.717, 1.165) is 24.6 Å². The van der Waals surface area contributed by atoms with Crippen molar-refractivity contribution >= 4 is 33.1 Å². The lowest BCUT2D eigenvalue weighted by molar-refractivity contribution is 0.122. The van der Waals surface area contributed by atoms with Gasteiger partial charge in [-0.3, -0.25) is 0 Å². The van der Waals surface area contributed by atoms with Crippen LogP contribution in [0.2, 0.25) is 0 Å². The van der Waals surface area contributed by atoms with Crippen LogP contribution < -0.4 is 14.9 Å². The van der Waals surface area contributed by atoms with E-state index in [9.17, 15) is 8.42 Å². The van der Waals surface area contributed by atoms with Crippen molar-refractivity contribution in [3.63, 3.8) is 0 Å². The molecular formula is C15H21N5O3S2. The number of aryl methyl sites for hydroxylation is 1. The number of rotatable bonds is 7. The Hall–Kier alpha value is -1.75. The Bertz CT molecular complexity index is 790. The summed E-state index contributed by atoms with van der Waals surface area (Å²) in [5.41, 5.74) is 0.859. The lowest BCUT2D eigenvalue weighted by Crippen LogP contribution is -2.37. The minimum absolute atomic E-state index is 0.254. The van der Waals surface area contributed by atoms with Gasteiger partial charge in [-0.05, 0) is 18.4 Å². The maximum atomic E-state index is 12.0. The Labute approximate surface area is 151 Å². The van der Waals surface area contributed by atoms with Crippen LogP contribution in [0.5, 0.6) is 0 Å². The van der Waals surface area contributed by atoms with Gasteiger partial charge in [0.1, 0.15) is 10.0 Å². The van der Waals surface area contributed by atoms with Gasteiger partial charge in [-0.25, -0.2) is 18.1 Å². The zero-order chi connectivity index (χ0) is 17.7. The number of aromatic nitrogens is 2. The zero-order valence-electron chi connectivity index (χ0n) is 13.9. The molecule has 2 N–H and O–H groups in total. The van der Waals surface area contributed by atoms with Crippen LogP contribution in [-0.2, 0) is 14.8 Å². The molecular weight excluding hydrogens is 362 g/mol. The van der Waals surface area contributed by atoms with Gasteiger partial charge in [-0.2, -0.15) is 4.98 Å². The first-order valence-electron chi connectivity index (χ1n) is 8.00. The quantitative estimate of drug-likeness (QED) is 0.691. The highest BCUT2D eigenvalue weighted by molar-refractivity contribution is 7.91. The Morgan fingerprint density at radius 3 is 2.80 bits per heavy atom. The molecule has 0 saturated carbocycles. The van der Waals surface area contributed by atoms with Crippen LogP contribution in [0.4, 0.5) is 11.8 Å². The molecule has 0 atom stereocenters. The molecule has 3 rings (SSSR count). The number of hydrogen-bond donors (Lipinski definition) is 2. The summed E-state index contributed by atoms with van der Waals surface area (Å²) in [4.78, 5) is 11.0. The molecule has 8 nitrogen and oxygen atoms in total. The standard InChI is InChI=1S/C15H21N5O3S2/c1-12-11-13(20-6-8-23-9-7-20)19-15(18-12)16-4-5-17-25(21,22)14-3-2-10-24-14/h2-3,10-11,17H,4-9H2,1H3,(H,16,18,19). The summed E-state index contributed by atoms with van der Waals surface area (Å²) in [6.45, 7) is 5.55. The van der Waals surface area contributed by atoms with E-state index in [4.69, 9.17) is 4.74 Å². The number of nitrogens with one attached hydrogen (secondary N) is 2. The second-order valence-electron chi connectivity index (χ2n) is 5.55. The van der Waals surface area contributed by atoms with Crippen LogP contribution in [0, 0.1) is 6.92 Å². The van der Waals surface area contributed by atoms with Crippen LogP contribution >= 0.6 is 11.3 Å². The van der Waals surface area contributed by atoms with Crippen molar-refractivity contribution in [1.82, 2.24) is 14.7 Å². The third-order valence-corrected chi connectivity index (χ3v) is 6.49. The molecule has 1 fully saturated rings. The summed E-state index contributed by atoms with van der Waals surface area (Å²) in [5.74, 6) is 1.36.